The number of hydrogen-bond donors (Lipinski definition) is 2. The fourth-order valence-electron chi connectivity index (χ4n) is 1.29. The first-order valence-corrected chi connectivity index (χ1v) is 5.59. The molecule has 2 N–H and O–H groups in total. The minimum Gasteiger partial charge on any atom is -0.330 e. The number of thiocarbonyl (C=S) groups is 1. The molecule has 0 radical (unpaired) electrons. The van der Waals surface area contributed by atoms with Crippen LogP contribution in [0.3, 0.4) is 0 Å². The number of amides is 1. The minimum absolute atomic E-state index is 0.207. The van der Waals surface area contributed by atoms with Gasteiger partial charge >= 0.3 is 0 Å². The number of nitrogens with one attached hydrogen (secondary N) is 2. The highest BCUT2D eigenvalue weighted by molar-refractivity contribution is 7.80. The summed E-state index contributed by atoms with van der Waals surface area (Å²) >= 11 is 5.01. The SMILES string of the molecule is O=C(NC(=S)Nc1cncnc1)c1ccccc1. The van der Waals surface area contributed by atoms with Crippen LogP contribution in [0.25, 0.3) is 0 Å². The van der Waals surface area contributed by atoms with Crippen molar-refractivity contribution < 1.29 is 4.79 Å². The fraction of sp³-hybridized carbons (Fsp3) is 0. The highest BCUT2D eigenvalue weighted by Crippen LogP contribution is 2.01. The van der Waals surface area contributed by atoms with Gasteiger partial charge < -0.3 is 5.32 Å². The molecule has 0 bridgehead atoms. The number of carbonyl (C=O) groups is 1. The van der Waals surface area contributed by atoms with Crippen LogP contribution in [0.15, 0.2) is 49.1 Å². The van der Waals surface area contributed by atoms with E-state index in [9.17, 15) is 4.79 Å². The number of aromatic nitrogens is 2. The first-order valence-electron chi connectivity index (χ1n) is 5.18. The van der Waals surface area contributed by atoms with E-state index in [1.54, 1.807) is 36.7 Å². The Balaban J connectivity index is 1.94. The van der Waals surface area contributed by atoms with Crippen LogP contribution in [0.5, 0.6) is 0 Å². The highest BCUT2D eigenvalue weighted by atomic mass is 32.1. The van der Waals surface area contributed by atoms with Crippen molar-refractivity contribution in [3.05, 3.63) is 54.6 Å². The zero-order valence-electron chi connectivity index (χ0n) is 9.33. The molecule has 0 aliphatic carbocycles. The summed E-state index contributed by atoms with van der Waals surface area (Å²) in [6, 6.07) is 8.84. The molecular formula is C12H10N4OS. The molecular weight excluding hydrogens is 248 g/mol. The second-order valence-corrected chi connectivity index (χ2v) is 3.81. The topological polar surface area (TPSA) is 66.9 Å². The second kappa shape index (κ2) is 5.83. The summed E-state index contributed by atoms with van der Waals surface area (Å²) in [7, 11) is 0. The van der Waals surface area contributed by atoms with Crippen LogP contribution < -0.4 is 10.6 Å². The van der Waals surface area contributed by atoms with E-state index >= 15 is 0 Å². The van der Waals surface area contributed by atoms with Crippen LogP contribution in [-0.4, -0.2) is 21.0 Å². The van der Waals surface area contributed by atoms with Crippen molar-refractivity contribution in [1.29, 1.82) is 0 Å². The second-order valence-electron chi connectivity index (χ2n) is 3.40. The van der Waals surface area contributed by atoms with Gasteiger partial charge in [-0.2, -0.15) is 0 Å². The molecule has 1 amide bonds. The third-order valence-electron chi connectivity index (χ3n) is 2.08. The van der Waals surface area contributed by atoms with Crippen LogP contribution in [0.1, 0.15) is 10.4 Å². The quantitative estimate of drug-likeness (QED) is 0.801. The van der Waals surface area contributed by atoms with Gasteiger partial charge in [0.2, 0.25) is 0 Å². The summed E-state index contributed by atoms with van der Waals surface area (Å²) < 4.78 is 0. The normalized spacial score (nSPS) is 9.56. The molecule has 5 nitrogen and oxygen atoms in total. The molecule has 6 heteroatoms. The predicted molar refractivity (Wildman–Crippen MR) is 72.2 cm³/mol. The molecule has 1 heterocycles. The number of hydrogen-bond acceptors (Lipinski definition) is 4. The molecule has 0 atom stereocenters. The first-order chi connectivity index (χ1) is 8.75. The molecule has 0 saturated heterocycles. The van der Waals surface area contributed by atoms with Gasteiger partial charge in [0, 0.05) is 5.56 Å². The van der Waals surface area contributed by atoms with E-state index in [2.05, 4.69) is 20.6 Å². The van der Waals surface area contributed by atoms with Gasteiger partial charge in [-0.05, 0) is 24.4 Å². The van der Waals surface area contributed by atoms with Crippen molar-refractivity contribution in [1.82, 2.24) is 15.3 Å². The van der Waals surface area contributed by atoms with Crippen LogP contribution in [0, 0.1) is 0 Å². The Hall–Kier alpha value is -2.34. The van der Waals surface area contributed by atoms with Crippen LogP contribution in [0.2, 0.25) is 0 Å². The van der Waals surface area contributed by atoms with Gasteiger partial charge in [-0.1, -0.05) is 18.2 Å². The van der Waals surface area contributed by atoms with Crippen molar-refractivity contribution in [2.75, 3.05) is 5.32 Å². The molecule has 2 aromatic rings. The number of benzene rings is 1. The maximum absolute atomic E-state index is 11.8. The maximum atomic E-state index is 11.8. The van der Waals surface area contributed by atoms with Gasteiger partial charge in [0.15, 0.2) is 5.11 Å². The minimum atomic E-state index is -0.259. The summed E-state index contributed by atoms with van der Waals surface area (Å²) in [4.78, 5) is 19.4. The number of nitrogens with zero attached hydrogens (tertiary/aromatic N) is 2. The Morgan fingerprint density at radius 1 is 1.11 bits per heavy atom. The average molecular weight is 258 g/mol. The molecule has 0 aliphatic heterocycles. The first kappa shape index (κ1) is 12.1. The Bertz CT molecular complexity index is 545. The van der Waals surface area contributed by atoms with Crippen LogP contribution in [0.4, 0.5) is 5.69 Å². The molecule has 90 valence electrons. The molecule has 0 saturated carbocycles. The van der Waals surface area contributed by atoms with Crippen LogP contribution in [-0.2, 0) is 0 Å². The van der Waals surface area contributed by atoms with Gasteiger partial charge in [-0.3, -0.25) is 10.1 Å². The van der Waals surface area contributed by atoms with E-state index in [1.807, 2.05) is 6.07 Å². The van der Waals surface area contributed by atoms with E-state index in [4.69, 9.17) is 12.2 Å². The van der Waals surface area contributed by atoms with E-state index in [0.717, 1.165) is 0 Å². The summed E-state index contributed by atoms with van der Waals surface area (Å²) in [5, 5.41) is 5.59. The molecule has 2 rings (SSSR count). The standard InChI is InChI=1S/C12H10N4OS/c17-11(9-4-2-1-3-5-9)16-12(18)15-10-6-13-8-14-7-10/h1-8H,(H2,15,16,17,18). The molecule has 0 unspecified atom stereocenters. The van der Waals surface area contributed by atoms with E-state index in [1.165, 1.54) is 6.33 Å². The van der Waals surface area contributed by atoms with Crippen molar-refractivity contribution in [3.8, 4) is 0 Å². The monoisotopic (exact) mass is 258 g/mol. The molecule has 0 fully saturated rings. The zero-order chi connectivity index (χ0) is 12.8. The van der Waals surface area contributed by atoms with Gasteiger partial charge in [-0.15, -0.1) is 0 Å². The van der Waals surface area contributed by atoms with Gasteiger partial charge in [0.05, 0.1) is 18.1 Å². The van der Waals surface area contributed by atoms with Gasteiger partial charge in [-0.25, -0.2) is 9.97 Å². The van der Waals surface area contributed by atoms with Crippen molar-refractivity contribution in [2.45, 2.75) is 0 Å². The Morgan fingerprint density at radius 3 is 2.44 bits per heavy atom. The molecule has 0 spiro atoms. The van der Waals surface area contributed by atoms with E-state index < -0.39 is 0 Å². The Labute approximate surface area is 109 Å². The maximum Gasteiger partial charge on any atom is 0.257 e. The van der Waals surface area contributed by atoms with Crippen molar-refractivity contribution in [2.24, 2.45) is 0 Å². The number of rotatable bonds is 2. The number of anilines is 1. The average Bonchev–Trinajstić information content (AvgIpc) is 2.40. The molecule has 18 heavy (non-hydrogen) atoms. The lowest BCUT2D eigenvalue weighted by Crippen LogP contribution is -2.34. The Morgan fingerprint density at radius 2 is 1.78 bits per heavy atom. The lowest BCUT2D eigenvalue weighted by molar-refractivity contribution is 0.0978. The summed E-state index contributed by atoms with van der Waals surface area (Å²) in [6.07, 6.45) is 4.54. The lowest BCUT2D eigenvalue weighted by Gasteiger charge is -2.08. The third kappa shape index (κ3) is 3.33. The predicted octanol–water partition coefficient (Wildman–Crippen LogP) is 1.60. The van der Waals surface area contributed by atoms with Crippen molar-refractivity contribution >= 4 is 28.9 Å². The van der Waals surface area contributed by atoms with Gasteiger partial charge in [0.25, 0.3) is 5.91 Å². The zero-order valence-corrected chi connectivity index (χ0v) is 10.1. The molecule has 1 aromatic heterocycles. The van der Waals surface area contributed by atoms with Crippen LogP contribution >= 0.6 is 12.2 Å². The largest absolute Gasteiger partial charge is 0.330 e. The summed E-state index contributed by atoms with van der Waals surface area (Å²) in [5.41, 5.74) is 1.17. The Kier molecular flexibility index (Phi) is 3.93. The third-order valence-corrected chi connectivity index (χ3v) is 2.29. The molecule has 0 aliphatic rings. The number of carbonyl (C=O) groups excluding carboxylic acids is 1. The lowest BCUT2D eigenvalue weighted by atomic mass is 10.2. The highest BCUT2D eigenvalue weighted by Gasteiger charge is 2.06. The van der Waals surface area contributed by atoms with Gasteiger partial charge in [0.1, 0.15) is 6.33 Å². The smallest absolute Gasteiger partial charge is 0.257 e. The fourth-order valence-corrected chi connectivity index (χ4v) is 1.50. The summed E-state index contributed by atoms with van der Waals surface area (Å²) in [6.45, 7) is 0. The molecule has 1 aromatic carbocycles. The van der Waals surface area contributed by atoms with Crippen molar-refractivity contribution in [3.63, 3.8) is 0 Å². The van der Waals surface area contributed by atoms with E-state index in [-0.39, 0.29) is 11.0 Å². The van der Waals surface area contributed by atoms with E-state index in [0.29, 0.717) is 11.3 Å². The summed E-state index contributed by atoms with van der Waals surface area (Å²) in [5.74, 6) is -0.259.